The number of hydrogen-bond acceptors (Lipinski definition) is 4. The first kappa shape index (κ1) is 13.6. The van der Waals surface area contributed by atoms with Crippen LogP contribution in [0.5, 0.6) is 0 Å². The van der Waals surface area contributed by atoms with E-state index >= 15 is 0 Å². The molecule has 1 rings (SSSR count). The average Bonchev–Trinajstić information content (AvgIpc) is 2.34. The van der Waals surface area contributed by atoms with Crippen LogP contribution in [0.15, 0.2) is 22.8 Å². The van der Waals surface area contributed by atoms with Gasteiger partial charge in [0.2, 0.25) is 0 Å². The van der Waals surface area contributed by atoms with Crippen molar-refractivity contribution in [3.8, 4) is 0 Å². The predicted molar refractivity (Wildman–Crippen MR) is 66.0 cm³/mol. The SMILES string of the molecule is CCC(CO)(CO)NCc1ccc(Br)cn1. The van der Waals surface area contributed by atoms with Crippen LogP contribution in [-0.2, 0) is 6.54 Å². The Hall–Kier alpha value is -0.490. The quantitative estimate of drug-likeness (QED) is 0.733. The van der Waals surface area contributed by atoms with Gasteiger partial charge >= 0.3 is 0 Å². The zero-order valence-electron chi connectivity index (χ0n) is 9.28. The van der Waals surface area contributed by atoms with Crippen LogP contribution in [0.3, 0.4) is 0 Å². The van der Waals surface area contributed by atoms with Crippen LogP contribution in [0.4, 0.5) is 0 Å². The van der Waals surface area contributed by atoms with Crippen molar-refractivity contribution in [3.05, 3.63) is 28.5 Å². The second-order valence-electron chi connectivity index (χ2n) is 3.77. The van der Waals surface area contributed by atoms with Gasteiger partial charge in [-0.25, -0.2) is 0 Å². The zero-order chi connectivity index (χ0) is 12.0. The van der Waals surface area contributed by atoms with Gasteiger partial charge in [0.1, 0.15) is 0 Å². The van der Waals surface area contributed by atoms with Gasteiger partial charge in [0.25, 0.3) is 0 Å². The zero-order valence-corrected chi connectivity index (χ0v) is 10.9. The van der Waals surface area contributed by atoms with Gasteiger partial charge in [-0.15, -0.1) is 0 Å². The molecule has 0 amide bonds. The number of pyridine rings is 1. The highest BCUT2D eigenvalue weighted by molar-refractivity contribution is 9.10. The van der Waals surface area contributed by atoms with Crippen molar-refractivity contribution in [2.75, 3.05) is 13.2 Å². The molecule has 0 bridgehead atoms. The van der Waals surface area contributed by atoms with Crippen LogP contribution in [0.2, 0.25) is 0 Å². The highest BCUT2D eigenvalue weighted by Crippen LogP contribution is 2.11. The third-order valence-electron chi connectivity index (χ3n) is 2.72. The number of hydrogen-bond donors (Lipinski definition) is 3. The standard InChI is InChI=1S/C11H17BrN2O2/c1-2-11(7-15,8-16)14-6-10-4-3-9(12)5-13-10/h3-5,14-16H,2,6-8H2,1H3. The van der Waals surface area contributed by atoms with Gasteiger partial charge in [-0.1, -0.05) is 6.92 Å². The van der Waals surface area contributed by atoms with Gasteiger partial charge < -0.3 is 15.5 Å². The number of aromatic nitrogens is 1. The molecule has 0 aliphatic carbocycles. The maximum absolute atomic E-state index is 9.25. The van der Waals surface area contributed by atoms with Gasteiger partial charge in [-0.3, -0.25) is 4.98 Å². The molecule has 0 radical (unpaired) electrons. The molecule has 0 unspecified atom stereocenters. The molecule has 16 heavy (non-hydrogen) atoms. The molecule has 0 fully saturated rings. The van der Waals surface area contributed by atoms with Crippen LogP contribution >= 0.6 is 15.9 Å². The lowest BCUT2D eigenvalue weighted by atomic mass is 9.98. The van der Waals surface area contributed by atoms with Crippen LogP contribution in [-0.4, -0.2) is 33.9 Å². The minimum absolute atomic E-state index is 0.0868. The van der Waals surface area contributed by atoms with E-state index in [1.54, 1.807) is 6.20 Å². The molecule has 5 heteroatoms. The van der Waals surface area contributed by atoms with Crippen LogP contribution in [0.25, 0.3) is 0 Å². The molecule has 0 aromatic carbocycles. The third kappa shape index (κ3) is 3.52. The largest absolute Gasteiger partial charge is 0.394 e. The van der Waals surface area contributed by atoms with Crippen molar-refractivity contribution in [1.29, 1.82) is 0 Å². The molecular weight excluding hydrogens is 272 g/mol. The fraction of sp³-hybridized carbons (Fsp3) is 0.545. The first-order chi connectivity index (χ1) is 7.65. The Morgan fingerprint density at radius 1 is 1.38 bits per heavy atom. The number of rotatable bonds is 6. The molecule has 4 nitrogen and oxygen atoms in total. The summed E-state index contributed by atoms with van der Waals surface area (Å²) in [6.07, 6.45) is 2.39. The van der Waals surface area contributed by atoms with E-state index in [2.05, 4.69) is 26.2 Å². The fourth-order valence-corrected chi connectivity index (χ4v) is 1.53. The van der Waals surface area contributed by atoms with Gasteiger partial charge in [-0.2, -0.15) is 0 Å². The molecule has 0 aliphatic rings. The Morgan fingerprint density at radius 3 is 2.50 bits per heavy atom. The van der Waals surface area contributed by atoms with E-state index in [1.165, 1.54) is 0 Å². The number of nitrogens with zero attached hydrogens (tertiary/aromatic N) is 1. The summed E-state index contributed by atoms with van der Waals surface area (Å²) in [5.41, 5.74) is 0.261. The topological polar surface area (TPSA) is 65.4 Å². The Morgan fingerprint density at radius 2 is 2.06 bits per heavy atom. The van der Waals surface area contributed by atoms with Crippen LogP contribution in [0, 0.1) is 0 Å². The normalized spacial score (nSPS) is 11.8. The van der Waals surface area contributed by atoms with Crippen molar-refractivity contribution >= 4 is 15.9 Å². The molecule has 0 saturated carbocycles. The minimum atomic E-state index is -0.616. The molecule has 1 aromatic heterocycles. The Bertz CT molecular complexity index is 304. The smallest absolute Gasteiger partial charge is 0.0648 e. The van der Waals surface area contributed by atoms with Crippen LogP contribution in [0.1, 0.15) is 19.0 Å². The van der Waals surface area contributed by atoms with E-state index in [4.69, 9.17) is 0 Å². The van der Waals surface area contributed by atoms with Gasteiger partial charge in [0.15, 0.2) is 0 Å². The van der Waals surface area contributed by atoms with E-state index in [1.807, 2.05) is 19.1 Å². The lowest BCUT2D eigenvalue weighted by molar-refractivity contribution is 0.0861. The van der Waals surface area contributed by atoms with E-state index in [-0.39, 0.29) is 13.2 Å². The number of aliphatic hydroxyl groups is 2. The van der Waals surface area contributed by atoms with E-state index in [9.17, 15) is 10.2 Å². The second-order valence-corrected chi connectivity index (χ2v) is 4.69. The highest BCUT2D eigenvalue weighted by Gasteiger charge is 2.25. The number of aliphatic hydroxyl groups excluding tert-OH is 2. The maximum Gasteiger partial charge on any atom is 0.0648 e. The first-order valence-corrected chi connectivity index (χ1v) is 6.02. The van der Waals surface area contributed by atoms with E-state index in [0.717, 1.165) is 10.2 Å². The molecule has 90 valence electrons. The third-order valence-corrected chi connectivity index (χ3v) is 3.18. The Balaban J connectivity index is 2.58. The molecule has 0 aliphatic heterocycles. The minimum Gasteiger partial charge on any atom is -0.394 e. The van der Waals surface area contributed by atoms with Gasteiger partial charge in [0, 0.05) is 17.2 Å². The van der Waals surface area contributed by atoms with Gasteiger partial charge in [-0.05, 0) is 34.5 Å². The van der Waals surface area contributed by atoms with Crippen molar-refractivity contribution in [2.24, 2.45) is 0 Å². The molecular formula is C11H17BrN2O2. The van der Waals surface area contributed by atoms with Gasteiger partial charge in [0.05, 0.1) is 24.4 Å². The fourth-order valence-electron chi connectivity index (χ4n) is 1.30. The monoisotopic (exact) mass is 288 g/mol. The lowest BCUT2D eigenvalue weighted by Crippen LogP contribution is -2.50. The van der Waals surface area contributed by atoms with Crippen molar-refractivity contribution < 1.29 is 10.2 Å². The van der Waals surface area contributed by atoms with Crippen molar-refractivity contribution in [3.63, 3.8) is 0 Å². The van der Waals surface area contributed by atoms with E-state index in [0.29, 0.717) is 13.0 Å². The first-order valence-electron chi connectivity index (χ1n) is 5.23. The molecule has 1 heterocycles. The number of nitrogens with one attached hydrogen (secondary N) is 1. The summed E-state index contributed by atoms with van der Waals surface area (Å²) < 4.78 is 0.933. The van der Waals surface area contributed by atoms with E-state index < -0.39 is 5.54 Å². The second kappa shape index (κ2) is 6.30. The molecule has 0 saturated heterocycles. The van der Waals surface area contributed by atoms with Crippen molar-refractivity contribution in [1.82, 2.24) is 10.3 Å². The summed E-state index contributed by atoms with van der Waals surface area (Å²) in [6, 6.07) is 3.81. The lowest BCUT2D eigenvalue weighted by Gasteiger charge is -2.29. The Labute approximate surface area is 104 Å². The summed E-state index contributed by atoms with van der Waals surface area (Å²) in [5.74, 6) is 0. The molecule has 0 atom stereocenters. The van der Waals surface area contributed by atoms with Crippen molar-refractivity contribution in [2.45, 2.75) is 25.4 Å². The number of halogens is 1. The molecule has 1 aromatic rings. The predicted octanol–water partition coefficient (Wildman–Crippen LogP) is 1.07. The average molecular weight is 289 g/mol. The maximum atomic E-state index is 9.25. The van der Waals surface area contributed by atoms with Crippen LogP contribution < -0.4 is 5.32 Å². The molecule has 0 spiro atoms. The summed E-state index contributed by atoms with van der Waals surface area (Å²) in [4.78, 5) is 4.21. The highest BCUT2D eigenvalue weighted by atomic mass is 79.9. The summed E-state index contributed by atoms with van der Waals surface area (Å²) in [5, 5.41) is 21.6. The summed E-state index contributed by atoms with van der Waals surface area (Å²) in [7, 11) is 0. The Kier molecular flexibility index (Phi) is 5.34. The molecule has 3 N–H and O–H groups in total. The summed E-state index contributed by atoms with van der Waals surface area (Å²) >= 11 is 3.31. The summed E-state index contributed by atoms with van der Waals surface area (Å²) in [6.45, 7) is 2.28.